The van der Waals surface area contributed by atoms with Crippen molar-refractivity contribution in [2.75, 3.05) is 5.73 Å². The summed E-state index contributed by atoms with van der Waals surface area (Å²) in [5.41, 5.74) is 3.03. The molecule has 0 saturated carbocycles. The summed E-state index contributed by atoms with van der Waals surface area (Å²) in [6.45, 7) is 0. The average molecular weight is 248 g/mol. The second-order valence-corrected chi connectivity index (χ2v) is 4.24. The van der Waals surface area contributed by atoms with Gasteiger partial charge in [0.15, 0.2) is 5.03 Å². The van der Waals surface area contributed by atoms with Crippen LogP contribution in [-0.4, -0.2) is 13.4 Å². The molecule has 0 aliphatic heterocycles. The monoisotopic (exact) mass is 248 g/mol. The van der Waals surface area contributed by atoms with Crippen molar-refractivity contribution in [1.82, 2.24) is 4.98 Å². The molecule has 0 fully saturated rings. The molecule has 0 saturated heterocycles. The zero-order valence-electron chi connectivity index (χ0n) is 7.68. The van der Waals surface area contributed by atoms with E-state index in [1.54, 1.807) is 0 Å². The molecule has 0 bridgehead atoms. The summed E-state index contributed by atoms with van der Waals surface area (Å²) in [4.78, 5) is 3.27. The predicted molar refractivity (Wildman–Crippen MR) is 49.7 cm³/mol. The van der Waals surface area contributed by atoms with Crippen LogP contribution in [0.2, 0.25) is 0 Å². The van der Waals surface area contributed by atoms with Crippen LogP contribution < -0.4 is 10.9 Å². The molecule has 1 aromatic rings. The smallest absolute Gasteiger partial charge is 0.267 e. The van der Waals surface area contributed by atoms with Crippen LogP contribution >= 0.6 is 0 Å². The Morgan fingerprint density at radius 1 is 1.50 bits per heavy atom. The van der Waals surface area contributed by atoms with Gasteiger partial charge in [-0.05, 0) is 0 Å². The van der Waals surface area contributed by atoms with Crippen LogP contribution in [0.5, 0.6) is 0 Å². The van der Waals surface area contributed by atoms with Crippen LogP contribution in [0.15, 0.2) is 11.2 Å². The number of anilines is 1. The normalized spacial score (nSPS) is 11.4. The molecule has 4 N–H and O–H groups in total. The van der Waals surface area contributed by atoms with Gasteiger partial charge in [-0.2, -0.15) is 5.26 Å². The Morgan fingerprint density at radius 3 is 2.44 bits per heavy atom. The summed E-state index contributed by atoms with van der Waals surface area (Å²) in [5.74, 6) is 0. The molecule has 1 heterocycles. The Hall–Kier alpha value is -1.79. The molecule has 16 heavy (non-hydrogen) atoms. The Labute approximate surface area is 89.5 Å². The van der Waals surface area contributed by atoms with Gasteiger partial charge in [0.1, 0.15) is 11.6 Å². The number of halogens is 2. The van der Waals surface area contributed by atoms with Gasteiger partial charge in [0.25, 0.3) is 16.4 Å². The molecule has 0 aliphatic carbocycles. The number of nitriles is 1. The summed E-state index contributed by atoms with van der Waals surface area (Å²) < 4.78 is 47.1. The number of aromatic nitrogens is 1. The number of primary sulfonamides is 1. The van der Waals surface area contributed by atoms with Gasteiger partial charge in [-0.25, -0.2) is 27.3 Å². The van der Waals surface area contributed by atoms with Crippen LogP contribution in [0.1, 0.15) is 17.6 Å². The summed E-state index contributed by atoms with van der Waals surface area (Å²) in [7, 11) is -4.34. The molecule has 9 heteroatoms. The first-order valence-electron chi connectivity index (χ1n) is 3.78. The minimum atomic E-state index is -4.34. The maximum absolute atomic E-state index is 12.5. The molecule has 86 valence electrons. The fraction of sp³-hybridized carbons (Fsp3) is 0.143. The van der Waals surface area contributed by atoms with Crippen molar-refractivity contribution in [3.63, 3.8) is 0 Å². The minimum Gasteiger partial charge on any atom is -0.397 e. The quantitative estimate of drug-likeness (QED) is 0.769. The molecule has 6 nitrogen and oxygen atoms in total. The van der Waals surface area contributed by atoms with Gasteiger partial charge in [0, 0.05) is 0 Å². The van der Waals surface area contributed by atoms with Crippen molar-refractivity contribution >= 4 is 15.7 Å². The molecule has 1 rings (SSSR count). The largest absolute Gasteiger partial charge is 0.397 e. The summed E-state index contributed by atoms with van der Waals surface area (Å²) in [5, 5.41) is 12.5. The number of sulfonamides is 1. The minimum absolute atomic E-state index is 0.459. The van der Waals surface area contributed by atoms with E-state index in [1.165, 1.54) is 6.07 Å². The highest BCUT2D eigenvalue weighted by Gasteiger charge is 2.25. The van der Waals surface area contributed by atoms with E-state index < -0.39 is 38.3 Å². The highest BCUT2D eigenvalue weighted by atomic mass is 32.2. The number of hydrogen-bond donors (Lipinski definition) is 2. The van der Waals surface area contributed by atoms with E-state index in [-0.39, 0.29) is 0 Å². The lowest BCUT2D eigenvalue weighted by Gasteiger charge is -2.08. The number of alkyl halides is 2. The Balaban J connectivity index is 3.72. The molecule has 0 radical (unpaired) electrons. The number of nitrogens with zero attached hydrogens (tertiary/aromatic N) is 2. The van der Waals surface area contributed by atoms with Crippen LogP contribution in [0.3, 0.4) is 0 Å². The molecule has 0 spiro atoms. The molecular weight excluding hydrogens is 242 g/mol. The zero-order chi connectivity index (χ0) is 12.5. The van der Waals surface area contributed by atoms with E-state index in [0.717, 1.165) is 6.20 Å². The number of hydrogen-bond acceptors (Lipinski definition) is 5. The summed E-state index contributed by atoms with van der Waals surface area (Å²) in [6, 6.07) is 1.31. The number of pyridine rings is 1. The standard InChI is InChI=1S/C7H6F2N4O2S/c8-6(9)5-3(1-10)7(16(12,14)15)13-2-4(5)11/h2,6H,11H2,(H2,12,14,15). The van der Waals surface area contributed by atoms with Crippen LogP contribution in [0, 0.1) is 11.3 Å². The lowest BCUT2D eigenvalue weighted by Crippen LogP contribution is -2.17. The van der Waals surface area contributed by atoms with E-state index in [9.17, 15) is 17.2 Å². The van der Waals surface area contributed by atoms with Gasteiger partial charge in [-0.1, -0.05) is 0 Å². The molecule has 0 unspecified atom stereocenters. The van der Waals surface area contributed by atoms with Gasteiger partial charge in [-0.15, -0.1) is 0 Å². The first-order valence-corrected chi connectivity index (χ1v) is 5.33. The first-order chi connectivity index (χ1) is 7.29. The van der Waals surface area contributed by atoms with Crippen molar-refractivity contribution in [3.8, 4) is 6.07 Å². The van der Waals surface area contributed by atoms with Crippen LogP contribution in [0.25, 0.3) is 0 Å². The second-order valence-electron chi connectivity index (χ2n) is 2.76. The number of nitrogen functional groups attached to an aromatic ring is 1. The predicted octanol–water partition coefficient (Wildman–Crippen LogP) is 0.120. The maximum Gasteiger partial charge on any atom is 0.267 e. The van der Waals surface area contributed by atoms with Crippen LogP contribution in [-0.2, 0) is 10.0 Å². The number of rotatable bonds is 2. The molecule has 0 amide bonds. The van der Waals surface area contributed by atoms with Crippen molar-refractivity contribution in [3.05, 3.63) is 17.3 Å². The molecule has 0 aliphatic rings. The zero-order valence-corrected chi connectivity index (χ0v) is 8.50. The Bertz CT molecular complexity index is 564. The third-order valence-corrected chi connectivity index (χ3v) is 2.56. The third kappa shape index (κ3) is 2.07. The molecular formula is C7H6F2N4O2S. The van der Waals surface area contributed by atoms with Gasteiger partial charge >= 0.3 is 0 Å². The SMILES string of the molecule is N#Cc1c(S(N)(=O)=O)ncc(N)c1C(F)F. The van der Waals surface area contributed by atoms with E-state index >= 15 is 0 Å². The van der Waals surface area contributed by atoms with Crippen molar-refractivity contribution in [2.24, 2.45) is 5.14 Å². The fourth-order valence-corrected chi connectivity index (χ4v) is 1.72. The Kier molecular flexibility index (Phi) is 3.06. The lowest BCUT2D eigenvalue weighted by molar-refractivity contribution is 0.151. The van der Waals surface area contributed by atoms with Crippen molar-refractivity contribution in [2.45, 2.75) is 11.5 Å². The third-order valence-electron chi connectivity index (χ3n) is 1.71. The molecule has 1 aromatic heterocycles. The highest BCUT2D eigenvalue weighted by Crippen LogP contribution is 2.30. The highest BCUT2D eigenvalue weighted by molar-refractivity contribution is 7.89. The van der Waals surface area contributed by atoms with E-state index in [4.69, 9.17) is 16.1 Å². The molecule has 0 aromatic carbocycles. The lowest BCUT2D eigenvalue weighted by atomic mass is 10.1. The van der Waals surface area contributed by atoms with Crippen molar-refractivity contribution in [1.29, 1.82) is 5.26 Å². The van der Waals surface area contributed by atoms with E-state index in [2.05, 4.69) is 4.98 Å². The van der Waals surface area contributed by atoms with Crippen molar-refractivity contribution < 1.29 is 17.2 Å². The summed E-state index contributed by atoms with van der Waals surface area (Å²) in [6.07, 6.45) is -2.36. The molecule has 0 atom stereocenters. The maximum atomic E-state index is 12.5. The number of nitrogens with two attached hydrogens (primary N) is 2. The average Bonchev–Trinajstić information content (AvgIpc) is 2.14. The van der Waals surface area contributed by atoms with Crippen LogP contribution in [0.4, 0.5) is 14.5 Å². The van der Waals surface area contributed by atoms with Gasteiger partial charge in [-0.3, -0.25) is 0 Å². The summed E-state index contributed by atoms with van der Waals surface area (Å²) >= 11 is 0. The fourth-order valence-electron chi connectivity index (χ4n) is 1.08. The topological polar surface area (TPSA) is 123 Å². The van der Waals surface area contributed by atoms with Gasteiger partial charge in [0.05, 0.1) is 17.4 Å². The van der Waals surface area contributed by atoms with E-state index in [1.807, 2.05) is 0 Å². The second kappa shape index (κ2) is 3.99. The van der Waals surface area contributed by atoms with Gasteiger partial charge in [0.2, 0.25) is 0 Å². The Morgan fingerprint density at radius 2 is 2.06 bits per heavy atom. The first kappa shape index (κ1) is 12.3. The van der Waals surface area contributed by atoms with E-state index in [0.29, 0.717) is 0 Å². The van der Waals surface area contributed by atoms with Gasteiger partial charge < -0.3 is 5.73 Å².